The maximum Gasteiger partial charge on any atom is 0.243 e. The Morgan fingerprint density at radius 2 is 2.14 bits per heavy atom. The highest BCUT2D eigenvalue weighted by molar-refractivity contribution is 5.95. The highest BCUT2D eigenvalue weighted by atomic mass is 35.5. The average Bonchev–Trinajstić information content (AvgIpc) is 3.03. The predicted molar refractivity (Wildman–Crippen MR) is 78.2 cm³/mol. The van der Waals surface area contributed by atoms with Gasteiger partial charge in [-0.1, -0.05) is 5.16 Å². The number of rotatable bonds is 3. The van der Waals surface area contributed by atoms with E-state index >= 15 is 0 Å². The number of ether oxygens (including phenoxy) is 1. The largest absolute Gasteiger partial charge is 0.378 e. The van der Waals surface area contributed by atoms with Crippen molar-refractivity contribution < 1.29 is 14.1 Å². The van der Waals surface area contributed by atoms with Crippen LogP contribution in [0.15, 0.2) is 35.2 Å². The number of nitrogens with one attached hydrogen (secondary N) is 2. The molecule has 1 amide bonds. The standard InChI is InChI=1S/C13H14N4O3.ClH/c18-13(11-7-19-6-5-14-11)16-10-3-1-9(2-4-10)12-15-8-20-17-12;/h1-4,8,11,14H,5-7H2,(H,16,18);1H. The molecule has 2 aromatic rings. The summed E-state index contributed by atoms with van der Waals surface area (Å²) in [6.07, 6.45) is 1.28. The van der Waals surface area contributed by atoms with Crippen LogP contribution in [-0.2, 0) is 9.53 Å². The zero-order chi connectivity index (χ0) is 13.8. The first-order valence-electron chi connectivity index (χ1n) is 6.32. The number of benzene rings is 1. The molecule has 3 rings (SSSR count). The fourth-order valence-corrected chi connectivity index (χ4v) is 1.96. The van der Waals surface area contributed by atoms with Crippen LogP contribution in [0.1, 0.15) is 0 Å². The highest BCUT2D eigenvalue weighted by Gasteiger charge is 2.21. The number of amides is 1. The van der Waals surface area contributed by atoms with E-state index in [0.717, 1.165) is 11.3 Å². The Hall–Kier alpha value is -1.96. The minimum Gasteiger partial charge on any atom is -0.378 e. The van der Waals surface area contributed by atoms with Gasteiger partial charge in [-0.05, 0) is 24.3 Å². The van der Waals surface area contributed by atoms with Crippen LogP contribution in [0.2, 0.25) is 0 Å². The van der Waals surface area contributed by atoms with E-state index < -0.39 is 0 Å². The molecule has 0 radical (unpaired) electrons. The second-order valence-corrected chi connectivity index (χ2v) is 4.40. The van der Waals surface area contributed by atoms with Gasteiger partial charge in [-0.25, -0.2) is 0 Å². The first kappa shape index (κ1) is 15.4. The second kappa shape index (κ2) is 7.16. The normalized spacial score (nSPS) is 17.8. The van der Waals surface area contributed by atoms with E-state index in [1.165, 1.54) is 6.39 Å². The van der Waals surface area contributed by atoms with Crippen molar-refractivity contribution in [3.8, 4) is 11.4 Å². The first-order valence-corrected chi connectivity index (χ1v) is 6.32. The van der Waals surface area contributed by atoms with E-state index in [1.54, 1.807) is 12.1 Å². The maximum atomic E-state index is 12.0. The molecule has 21 heavy (non-hydrogen) atoms. The number of carbonyl (C=O) groups is 1. The number of nitrogens with zero attached hydrogens (tertiary/aromatic N) is 2. The number of hydrogen-bond donors (Lipinski definition) is 2. The smallest absolute Gasteiger partial charge is 0.243 e. The highest BCUT2D eigenvalue weighted by Crippen LogP contribution is 2.17. The van der Waals surface area contributed by atoms with Gasteiger partial charge in [-0.15, -0.1) is 12.4 Å². The monoisotopic (exact) mass is 310 g/mol. The van der Waals surface area contributed by atoms with Crippen LogP contribution in [0.25, 0.3) is 11.4 Å². The summed E-state index contributed by atoms with van der Waals surface area (Å²) in [5, 5.41) is 9.69. The third-order valence-corrected chi connectivity index (χ3v) is 3.01. The third kappa shape index (κ3) is 3.78. The van der Waals surface area contributed by atoms with Crippen molar-refractivity contribution in [2.24, 2.45) is 0 Å². The van der Waals surface area contributed by atoms with Crippen molar-refractivity contribution in [2.45, 2.75) is 6.04 Å². The van der Waals surface area contributed by atoms with Crippen LogP contribution < -0.4 is 10.6 Å². The first-order chi connectivity index (χ1) is 9.83. The van der Waals surface area contributed by atoms with Crippen molar-refractivity contribution in [1.29, 1.82) is 0 Å². The zero-order valence-electron chi connectivity index (χ0n) is 11.1. The molecule has 1 aliphatic heterocycles. The molecule has 1 unspecified atom stereocenters. The summed E-state index contributed by atoms with van der Waals surface area (Å²) < 4.78 is 9.95. The van der Waals surface area contributed by atoms with Gasteiger partial charge in [0.15, 0.2) is 0 Å². The van der Waals surface area contributed by atoms with Gasteiger partial charge in [0.2, 0.25) is 18.1 Å². The maximum absolute atomic E-state index is 12.0. The Labute approximate surface area is 127 Å². The topological polar surface area (TPSA) is 89.3 Å². The van der Waals surface area contributed by atoms with Gasteiger partial charge in [0.05, 0.1) is 13.2 Å². The molecule has 8 heteroatoms. The average molecular weight is 311 g/mol. The number of hydrogen-bond acceptors (Lipinski definition) is 6. The van der Waals surface area contributed by atoms with Crippen LogP contribution in [0.4, 0.5) is 5.69 Å². The molecular weight excluding hydrogens is 296 g/mol. The van der Waals surface area contributed by atoms with Crippen molar-refractivity contribution in [3.63, 3.8) is 0 Å². The Kier molecular flexibility index (Phi) is 5.26. The summed E-state index contributed by atoms with van der Waals surface area (Å²) in [5.41, 5.74) is 1.55. The van der Waals surface area contributed by atoms with E-state index in [9.17, 15) is 4.79 Å². The summed E-state index contributed by atoms with van der Waals surface area (Å²) in [4.78, 5) is 15.9. The van der Waals surface area contributed by atoms with Gasteiger partial charge in [0.25, 0.3) is 0 Å². The molecule has 0 spiro atoms. The molecule has 112 valence electrons. The van der Waals surface area contributed by atoms with Gasteiger partial charge in [0.1, 0.15) is 6.04 Å². The number of carbonyl (C=O) groups excluding carboxylic acids is 1. The molecule has 7 nitrogen and oxygen atoms in total. The quantitative estimate of drug-likeness (QED) is 0.882. The Bertz CT molecular complexity index is 568. The van der Waals surface area contributed by atoms with Crippen LogP contribution in [0, 0.1) is 0 Å². The molecule has 0 bridgehead atoms. The Morgan fingerprint density at radius 3 is 2.76 bits per heavy atom. The Morgan fingerprint density at radius 1 is 1.33 bits per heavy atom. The SMILES string of the molecule is Cl.O=C(Nc1ccc(-c2ncon2)cc1)C1COCCN1. The van der Waals surface area contributed by atoms with Gasteiger partial charge in [-0.3, -0.25) is 4.79 Å². The number of morpholine rings is 1. The molecule has 1 aromatic heterocycles. The third-order valence-electron chi connectivity index (χ3n) is 3.01. The molecule has 1 aliphatic rings. The van der Waals surface area contributed by atoms with Gasteiger partial charge < -0.3 is 19.9 Å². The summed E-state index contributed by atoms with van der Waals surface area (Å²) in [5.74, 6) is 0.419. The van der Waals surface area contributed by atoms with Gasteiger partial charge in [0, 0.05) is 17.8 Å². The molecule has 2 N–H and O–H groups in total. The van der Waals surface area contributed by atoms with Gasteiger partial charge >= 0.3 is 0 Å². The molecule has 1 aromatic carbocycles. The molecule has 0 aliphatic carbocycles. The molecule has 2 heterocycles. The van der Waals surface area contributed by atoms with Crippen molar-refractivity contribution in [1.82, 2.24) is 15.5 Å². The van der Waals surface area contributed by atoms with Crippen LogP contribution in [0.5, 0.6) is 0 Å². The lowest BCUT2D eigenvalue weighted by Crippen LogP contribution is -2.48. The molecular formula is C13H15ClN4O3. The van der Waals surface area contributed by atoms with Crippen LogP contribution >= 0.6 is 12.4 Å². The lowest BCUT2D eigenvalue weighted by atomic mass is 10.2. The van der Waals surface area contributed by atoms with E-state index in [-0.39, 0.29) is 24.4 Å². The lowest BCUT2D eigenvalue weighted by Gasteiger charge is -2.22. The summed E-state index contributed by atoms with van der Waals surface area (Å²) >= 11 is 0. The number of halogens is 1. The van der Waals surface area contributed by atoms with Crippen molar-refractivity contribution in [3.05, 3.63) is 30.7 Å². The van der Waals surface area contributed by atoms with E-state index in [2.05, 4.69) is 20.8 Å². The summed E-state index contributed by atoms with van der Waals surface area (Å²) in [6, 6.07) is 6.94. The van der Waals surface area contributed by atoms with Crippen LogP contribution in [-0.4, -0.2) is 41.8 Å². The minimum absolute atomic E-state index is 0. The number of aromatic nitrogens is 2. The van der Waals surface area contributed by atoms with E-state index in [0.29, 0.717) is 25.6 Å². The predicted octanol–water partition coefficient (Wildman–Crippen LogP) is 1.09. The molecule has 1 saturated heterocycles. The molecule has 1 fully saturated rings. The summed E-state index contributed by atoms with van der Waals surface area (Å²) in [7, 11) is 0. The van der Waals surface area contributed by atoms with Gasteiger partial charge in [-0.2, -0.15) is 4.98 Å². The summed E-state index contributed by atoms with van der Waals surface area (Å²) in [6.45, 7) is 1.73. The molecule has 0 saturated carbocycles. The second-order valence-electron chi connectivity index (χ2n) is 4.40. The minimum atomic E-state index is -0.305. The Balaban J connectivity index is 0.00000161. The molecule has 1 atom stereocenters. The van der Waals surface area contributed by atoms with Crippen molar-refractivity contribution >= 4 is 24.0 Å². The zero-order valence-corrected chi connectivity index (χ0v) is 11.9. The van der Waals surface area contributed by atoms with E-state index in [4.69, 9.17) is 9.26 Å². The fraction of sp³-hybridized carbons (Fsp3) is 0.308. The lowest BCUT2D eigenvalue weighted by molar-refractivity contribution is -0.120. The number of anilines is 1. The van der Waals surface area contributed by atoms with E-state index in [1.807, 2.05) is 12.1 Å². The fourth-order valence-electron chi connectivity index (χ4n) is 1.96. The van der Waals surface area contributed by atoms with Crippen LogP contribution in [0.3, 0.4) is 0 Å². The van der Waals surface area contributed by atoms with Crippen molar-refractivity contribution in [2.75, 3.05) is 25.1 Å².